The van der Waals surface area contributed by atoms with Crippen molar-refractivity contribution in [3.05, 3.63) is 53.8 Å². The van der Waals surface area contributed by atoms with E-state index in [0.717, 1.165) is 6.42 Å². The summed E-state index contributed by atoms with van der Waals surface area (Å²) in [5.41, 5.74) is 0.625. The molecular formula is C19H21FN2O4S. The second-order valence-electron chi connectivity index (χ2n) is 6.55. The van der Waals surface area contributed by atoms with E-state index in [1.54, 1.807) is 18.2 Å². The number of sulfonamides is 1. The molecule has 27 heavy (non-hydrogen) atoms. The maximum atomic E-state index is 13.7. The fourth-order valence-corrected chi connectivity index (χ4v) is 5.04. The highest BCUT2D eigenvalue weighted by molar-refractivity contribution is 7.89. The number of nitrogens with one attached hydrogen (secondary N) is 1. The highest BCUT2D eigenvalue weighted by Gasteiger charge is 2.35. The lowest BCUT2D eigenvalue weighted by molar-refractivity contribution is 0.270. The molecule has 4 rings (SSSR count). The number of hydrogen-bond acceptors (Lipinski definition) is 5. The second kappa shape index (κ2) is 7.46. The van der Waals surface area contributed by atoms with Gasteiger partial charge in [-0.25, -0.2) is 12.8 Å². The van der Waals surface area contributed by atoms with Crippen molar-refractivity contribution in [2.24, 2.45) is 0 Å². The normalized spacial score (nSPS) is 20.9. The molecule has 0 radical (unpaired) electrons. The largest absolute Gasteiger partial charge is 0.490 e. The van der Waals surface area contributed by atoms with Gasteiger partial charge >= 0.3 is 0 Å². The highest BCUT2D eigenvalue weighted by Crippen LogP contribution is 2.35. The summed E-state index contributed by atoms with van der Waals surface area (Å²) in [5.74, 6) is 0.602. The molecule has 1 atom stereocenters. The van der Waals surface area contributed by atoms with Crippen molar-refractivity contribution >= 4 is 10.0 Å². The molecule has 2 aromatic rings. The molecule has 0 bridgehead atoms. The Morgan fingerprint density at radius 2 is 1.89 bits per heavy atom. The molecule has 2 aromatic carbocycles. The summed E-state index contributed by atoms with van der Waals surface area (Å²) in [5, 5.41) is 3.19. The van der Waals surface area contributed by atoms with E-state index in [9.17, 15) is 12.8 Å². The zero-order chi connectivity index (χ0) is 18.9. The van der Waals surface area contributed by atoms with Gasteiger partial charge in [-0.1, -0.05) is 12.1 Å². The van der Waals surface area contributed by atoms with Gasteiger partial charge < -0.3 is 14.8 Å². The van der Waals surface area contributed by atoms with Gasteiger partial charge in [0.25, 0.3) is 0 Å². The van der Waals surface area contributed by atoms with E-state index in [-0.39, 0.29) is 10.7 Å². The second-order valence-corrected chi connectivity index (χ2v) is 8.44. The van der Waals surface area contributed by atoms with E-state index < -0.39 is 16.1 Å². The van der Waals surface area contributed by atoms with E-state index in [1.165, 1.54) is 28.6 Å². The van der Waals surface area contributed by atoms with Crippen LogP contribution in [0.15, 0.2) is 47.4 Å². The van der Waals surface area contributed by atoms with Crippen molar-refractivity contribution in [1.29, 1.82) is 0 Å². The number of nitrogens with zero attached hydrogens (tertiary/aromatic N) is 1. The molecule has 144 valence electrons. The Morgan fingerprint density at radius 3 is 2.70 bits per heavy atom. The van der Waals surface area contributed by atoms with Crippen molar-refractivity contribution in [1.82, 2.24) is 9.62 Å². The lowest BCUT2D eigenvalue weighted by Gasteiger charge is -2.35. The van der Waals surface area contributed by atoms with Crippen molar-refractivity contribution < 1.29 is 22.3 Å². The first-order chi connectivity index (χ1) is 13.1. The Labute approximate surface area is 157 Å². The van der Waals surface area contributed by atoms with Crippen LogP contribution >= 0.6 is 0 Å². The molecule has 0 aliphatic carbocycles. The Balaban J connectivity index is 1.70. The topological polar surface area (TPSA) is 67.9 Å². The van der Waals surface area contributed by atoms with E-state index >= 15 is 0 Å². The first-order valence-electron chi connectivity index (χ1n) is 8.93. The van der Waals surface area contributed by atoms with Gasteiger partial charge in [0.2, 0.25) is 10.0 Å². The summed E-state index contributed by atoms with van der Waals surface area (Å²) in [6.07, 6.45) is 0.746. The maximum absolute atomic E-state index is 13.7. The van der Waals surface area contributed by atoms with Gasteiger partial charge in [-0.3, -0.25) is 0 Å². The van der Waals surface area contributed by atoms with Crippen LogP contribution in [0, 0.1) is 5.82 Å². The minimum atomic E-state index is -3.78. The smallest absolute Gasteiger partial charge is 0.243 e. The van der Waals surface area contributed by atoms with Gasteiger partial charge in [-0.15, -0.1) is 0 Å². The summed E-state index contributed by atoms with van der Waals surface area (Å²) < 4.78 is 53.0. The van der Waals surface area contributed by atoms with Crippen LogP contribution in [-0.4, -0.2) is 45.6 Å². The van der Waals surface area contributed by atoms with E-state index in [1.807, 2.05) is 0 Å². The van der Waals surface area contributed by atoms with Crippen LogP contribution in [-0.2, 0) is 10.0 Å². The molecule has 2 heterocycles. The minimum absolute atomic E-state index is 0.148. The predicted octanol–water partition coefficient (Wildman–Crippen LogP) is 2.32. The van der Waals surface area contributed by atoms with Crippen LogP contribution in [0.4, 0.5) is 4.39 Å². The quantitative estimate of drug-likeness (QED) is 0.868. The van der Waals surface area contributed by atoms with Crippen LogP contribution in [0.2, 0.25) is 0 Å². The molecule has 1 unspecified atom stereocenters. The Hall–Kier alpha value is -2.16. The number of rotatable bonds is 3. The maximum Gasteiger partial charge on any atom is 0.243 e. The third-order valence-corrected chi connectivity index (χ3v) is 6.66. The molecule has 2 aliphatic rings. The van der Waals surface area contributed by atoms with Crippen molar-refractivity contribution in [3.63, 3.8) is 0 Å². The molecule has 1 saturated heterocycles. The summed E-state index contributed by atoms with van der Waals surface area (Å²) in [6, 6.07) is 10.3. The Bertz CT molecular complexity index is 935. The van der Waals surface area contributed by atoms with Gasteiger partial charge in [0, 0.05) is 32.1 Å². The van der Waals surface area contributed by atoms with E-state index in [4.69, 9.17) is 9.47 Å². The lowest BCUT2D eigenvalue weighted by atomic mass is 10.1. The molecule has 1 fully saturated rings. The molecular weight excluding hydrogens is 371 g/mol. The van der Waals surface area contributed by atoms with Crippen LogP contribution in [0.25, 0.3) is 0 Å². The predicted molar refractivity (Wildman–Crippen MR) is 98.0 cm³/mol. The van der Waals surface area contributed by atoms with Crippen molar-refractivity contribution in [2.75, 3.05) is 32.8 Å². The van der Waals surface area contributed by atoms with Gasteiger partial charge in [-0.05, 0) is 29.8 Å². The fourth-order valence-electron chi connectivity index (χ4n) is 3.41. The van der Waals surface area contributed by atoms with Crippen molar-refractivity contribution in [2.45, 2.75) is 17.4 Å². The molecule has 2 aliphatic heterocycles. The number of benzene rings is 2. The SMILES string of the molecule is O=S(=O)(c1ccc2c(c1)OCCCO2)N1CCNCC1c1cccc(F)c1. The highest BCUT2D eigenvalue weighted by atomic mass is 32.2. The average Bonchev–Trinajstić information content (AvgIpc) is 2.93. The van der Waals surface area contributed by atoms with Crippen LogP contribution in [0.5, 0.6) is 11.5 Å². The molecule has 0 aromatic heterocycles. The molecule has 0 saturated carbocycles. The van der Waals surface area contributed by atoms with Gasteiger partial charge in [0.15, 0.2) is 11.5 Å². The number of fused-ring (bicyclic) bond motifs is 1. The first-order valence-corrected chi connectivity index (χ1v) is 10.4. The molecule has 8 heteroatoms. The first kappa shape index (κ1) is 18.2. The zero-order valence-electron chi connectivity index (χ0n) is 14.7. The number of hydrogen-bond donors (Lipinski definition) is 1. The third kappa shape index (κ3) is 3.65. The molecule has 1 N–H and O–H groups in total. The fraction of sp³-hybridized carbons (Fsp3) is 0.368. The number of halogens is 1. The average molecular weight is 392 g/mol. The Morgan fingerprint density at radius 1 is 1.07 bits per heavy atom. The number of piperazine rings is 1. The molecule has 6 nitrogen and oxygen atoms in total. The zero-order valence-corrected chi connectivity index (χ0v) is 15.5. The third-order valence-electron chi connectivity index (χ3n) is 4.75. The molecule has 0 amide bonds. The lowest BCUT2D eigenvalue weighted by Crippen LogP contribution is -2.48. The monoisotopic (exact) mass is 392 g/mol. The molecule has 0 spiro atoms. The standard InChI is InChI=1S/C19H21FN2O4S/c20-15-4-1-3-14(11-15)17-13-21-7-8-22(17)27(23,24)16-5-6-18-19(12-16)26-10-2-9-25-18/h1,3-6,11-12,17,21H,2,7-10,13H2. The van der Waals surface area contributed by atoms with E-state index in [0.29, 0.717) is 49.9 Å². The Kier molecular flexibility index (Phi) is 5.03. The van der Waals surface area contributed by atoms with Crippen LogP contribution in [0.1, 0.15) is 18.0 Å². The summed E-state index contributed by atoms with van der Waals surface area (Å²) in [4.78, 5) is 0.148. The van der Waals surface area contributed by atoms with Gasteiger partial charge in [0.1, 0.15) is 5.82 Å². The number of ether oxygens (including phenoxy) is 2. The minimum Gasteiger partial charge on any atom is -0.490 e. The van der Waals surface area contributed by atoms with Crippen LogP contribution < -0.4 is 14.8 Å². The summed E-state index contributed by atoms with van der Waals surface area (Å²) >= 11 is 0. The van der Waals surface area contributed by atoms with Crippen LogP contribution in [0.3, 0.4) is 0 Å². The summed E-state index contributed by atoms with van der Waals surface area (Å²) in [6.45, 7) is 2.29. The van der Waals surface area contributed by atoms with Crippen molar-refractivity contribution in [3.8, 4) is 11.5 Å². The summed E-state index contributed by atoms with van der Waals surface area (Å²) in [7, 11) is -3.78. The van der Waals surface area contributed by atoms with E-state index in [2.05, 4.69) is 5.32 Å². The van der Waals surface area contributed by atoms with Gasteiger partial charge in [0.05, 0.1) is 24.2 Å². The van der Waals surface area contributed by atoms with Gasteiger partial charge in [-0.2, -0.15) is 4.31 Å².